The van der Waals surface area contributed by atoms with Crippen molar-refractivity contribution in [1.82, 2.24) is 20.1 Å². The molecule has 0 fully saturated rings. The van der Waals surface area contributed by atoms with Crippen molar-refractivity contribution in [2.24, 2.45) is 0 Å². The van der Waals surface area contributed by atoms with Crippen LogP contribution in [0.5, 0.6) is 5.75 Å². The SMILES string of the molecule is CCn1c(SCCC(=O)Nc2ccccc2)nnc1[C@H](CCSC)NC(=O)c1ccc(OC)cc1. The zero-order chi connectivity index (χ0) is 25.0. The molecule has 0 radical (unpaired) electrons. The van der Waals surface area contributed by atoms with Crippen LogP contribution in [0.2, 0.25) is 0 Å². The quantitative estimate of drug-likeness (QED) is 0.321. The number of benzene rings is 2. The second kappa shape index (κ2) is 13.8. The molecule has 2 N–H and O–H groups in total. The van der Waals surface area contributed by atoms with Crippen molar-refractivity contribution >= 4 is 41.0 Å². The van der Waals surface area contributed by atoms with Crippen molar-refractivity contribution in [1.29, 1.82) is 0 Å². The van der Waals surface area contributed by atoms with Gasteiger partial charge in [0.1, 0.15) is 5.75 Å². The molecule has 0 aliphatic rings. The van der Waals surface area contributed by atoms with Gasteiger partial charge in [0.2, 0.25) is 5.91 Å². The number of carbonyl (C=O) groups excluding carboxylic acids is 2. The fraction of sp³-hybridized carbons (Fsp3) is 0.360. The van der Waals surface area contributed by atoms with Gasteiger partial charge in [-0.1, -0.05) is 30.0 Å². The highest BCUT2D eigenvalue weighted by Gasteiger charge is 2.23. The molecule has 0 saturated carbocycles. The van der Waals surface area contributed by atoms with E-state index in [1.807, 2.05) is 48.1 Å². The van der Waals surface area contributed by atoms with E-state index in [0.717, 1.165) is 28.8 Å². The van der Waals surface area contributed by atoms with Crippen molar-refractivity contribution in [3.63, 3.8) is 0 Å². The zero-order valence-corrected chi connectivity index (χ0v) is 21.8. The largest absolute Gasteiger partial charge is 0.497 e. The van der Waals surface area contributed by atoms with Crippen LogP contribution in [0.3, 0.4) is 0 Å². The average molecular weight is 514 g/mol. The van der Waals surface area contributed by atoms with Crippen molar-refractivity contribution in [2.75, 3.05) is 30.2 Å². The van der Waals surface area contributed by atoms with Crippen LogP contribution in [0.4, 0.5) is 5.69 Å². The topological polar surface area (TPSA) is 98.1 Å². The molecule has 10 heteroatoms. The van der Waals surface area contributed by atoms with E-state index < -0.39 is 0 Å². The van der Waals surface area contributed by atoms with Crippen molar-refractivity contribution < 1.29 is 14.3 Å². The summed E-state index contributed by atoms with van der Waals surface area (Å²) in [5.74, 6) is 2.65. The van der Waals surface area contributed by atoms with Crippen LogP contribution in [0.25, 0.3) is 0 Å². The molecule has 0 unspecified atom stereocenters. The first kappa shape index (κ1) is 26.6. The molecule has 1 atom stereocenters. The highest BCUT2D eigenvalue weighted by atomic mass is 32.2. The summed E-state index contributed by atoms with van der Waals surface area (Å²) >= 11 is 3.20. The number of nitrogens with zero attached hydrogens (tertiary/aromatic N) is 3. The van der Waals surface area contributed by atoms with Gasteiger partial charge < -0.3 is 19.9 Å². The molecule has 3 aromatic rings. The fourth-order valence-corrected chi connectivity index (χ4v) is 4.85. The molecule has 0 spiro atoms. The summed E-state index contributed by atoms with van der Waals surface area (Å²) in [5, 5.41) is 15.6. The molecule has 1 heterocycles. The van der Waals surface area contributed by atoms with Crippen LogP contribution < -0.4 is 15.4 Å². The molecule has 2 amide bonds. The minimum Gasteiger partial charge on any atom is -0.497 e. The van der Waals surface area contributed by atoms with E-state index in [9.17, 15) is 9.59 Å². The Morgan fingerprint density at radius 2 is 1.80 bits per heavy atom. The maximum absolute atomic E-state index is 12.9. The summed E-state index contributed by atoms with van der Waals surface area (Å²) < 4.78 is 7.19. The number of thioether (sulfide) groups is 2. The Balaban J connectivity index is 1.65. The number of nitrogens with one attached hydrogen (secondary N) is 2. The fourth-order valence-electron chi connectivity index (χ4n) is 3.43. The lowest BCUT2D eigenvalue weighted by molar-refractivity contribution is -0.115. The standard InChI is InChI=1S/C25H31N5O3S2/c1-4-30-23(21(14-16-34-3)27-24(32)18-10-12-20(33-2)13-11-18)28-29-25(30)35-17-15-22(31)26-19-8-6-5-7-9-19/h5-13,21H,4,14-17H2,1-3H3,(H,26,31)(H,27,32)/t21-/m0/s1. The van der Waals surface area contributed by atoms with Crippen molar-refractivity contribution in [3.8, 4) is 5.75 Å². The molecule has 0 aliphatic carbocycles. The number of anilines is 1. The molecule has 0 aliphatic heterocycles. The van der Waals surface area contributed by atoms with Gasteiger partial charge in [0.05, 0.1) is 13.2 Å². The number of carbonyl (C=O) groups is 2. The van der Waals surface area contributed by atoms with E-state index in [1.54, 1.807) is 43.1 Å². The predicted molar refractivity (Wildman–Crippen MR) is 142 cm³/mol. The zero-order valence-electron chi connectivity index (χ0n) is 20.2. The van der Waals surface area contributed by atoms with Gasteiger partial charge in [-0.2, -0.15) is 11.8 Å². The third-order valence-corrected chi connectivity index (χ3v) is 6.87. The van der Waals surface area contributed by atoms with Gasteiger partial charge in [-0.15, -0.1) is 10.2 Å². The third kappa shape index (κ3) is 7.76. The van der Waals surface area contributed by atoms with Gasteiger partial charge in [0.15, 0.2) is 11.0 Å². The molecular formula is C25H31N5O3S2. The van der Waals surface area contributed by atoms with Gasteiger partial charge in [0, 0.05) is 30.0 Å². The summed E-state index contributed by atoms with van der Waals surface area (Å²) in [7, 11) is 1.59. The van der Waals surface area contributed by atoms with Gasteiger partial charge in [0.25, 0.3) is 5.91 Å². The normalized spacial score (nSPS) is 11.6. The number of aromatic nitrogens is 3. The summed E-state index contributed by atoms with van der Waals surface area (Å²) in [6.45, 7) is 2.69. The first-order valence-electron chi connectivity index (χ1n) is 11.4. The molecule has 0 bridgehead atoms. The maximum atomic E-state index is 12.9. The molecule has 2 aromatic carbocycles. The Morgan fingerprint density at radius 3 is 2.46 bits per heavy atom. The molecular weight excluding hydrogens is 482 g/mol. The highest BCUT2D eigenvalue weighted by molar-refractivity contribution is 7.99. The van der Waals surface area contributed by atoms with E-state index in [2.05, 4.69) is 20.8 Å². The second-order valence-corrected chi connectivity index (χ2v) is 9.68. The van der Waals surface area contributed by atoms with E-state index in [4.69, 9.17) is 4.74 Å². The summed E-state index contributed by atoms with van der Waals surface area (Å²) in [6, 6.07) is 16.1. The summed E-state index contributed by atoms with van der Waals surface area (Å²) in [5.41, 5.74) is 1.34. The molecule has 186 valence electrons. The lowest BCUT2D eigenvalue weighted by Gasteiger charge is -2.19. The smallest absolute Gasteiger partial charge is 0.251 e. The van der Waals surface area contributed by atoms with Crippen molar-refractivity contribution in [2.45, 2.75) is 37.5 Å². The lowest BCUT2D eigenvalue weighted by atomic mass is 10.1. The van der Waals surface area contributed by atoms with Gasteiger partial charge >= 0.3 is 0 Å². The number of hydrogen-bond donors (Lipinski definition) is 2. The Bertz CT molecular complexity index is 1090. The van der Waals surface area contributed by atoms with Gasteiger partial charge in [-0.3, -0.25) is 9.59 Å². The highest BCUT2D eigenvalue weighted by Crippen LogP contribution is 2.24. The first-order chi connectivity index (χ1) is 17.0. The minimum absolute atomic E-state index is 0.0453. The van der Waals surface area contributed by atoms with E-state index in [-0.39, 0.29) is 17.9 Å². The first-order valence-corrected chi connectivity index (χ1v) is 13.8. The van der Waals surface area contributed by atoms with E-state index in [0.29, 0.717) is 30.0 Å². The van der Waals surface area contributed by atoms with Gasteiger partial charge in [-0.25, -0.2) is 0 Å². The summed E-state index contributed by atoms with van der Waals surface area (Å²) in [4.78, 5) is 25.2. The number of ether oxygens (including phenoxy) is 1. The van der Waals surface area contributed by atoms with Crippen LogP contribution in [-0.2, 0) is 11.3 Å². The number of para-hydroxylation sites is 1. The molecule has 1 aromatic heterocycles. The second-order valence-electron chi connectivity index (χ2n) is 7.63. The maximum Gasteiger partial charge on any atom is 0.251 e. The third-order valence-electron chi connectivity index (χ3n) is 5.26. The monoisotopic (exact) mass is 513 g/mol. The van der Waals surface area contributed by atoms with Gasteiger partial charge in [-0.05, 0) is 61.8 Å². The number of hydrogen-bond acceptors (Lipinski definition) is 7. The van der Waals surface area contributed by atoms with E-state index in [1.165, 1.54) is 11.8 Å². The predicted octanol–water partition coefficient (Wildman–Crippen LogP) is 4.65. The van der Waals surface area contributed by atoms with Crippen LogP contribution in [-0.4, -0.2) is 51.5 Å². The van der Waals surface area contributed by atoms with Crippen LogP contribution in [0.15, 0.2) is 59.8 Å². The number of amides is 2. The number of methoxy groups -OCH3 is 1. The Hall–Kier alpha value is -2.98. The Kier molecular flexibility index (Phi) is 10.5. The van der Waals surface area contributed by atoms with E-state index >= 15 is 0 Å². The van der Waals surface area contributed by atoms with Crippen LogP contribution in [0.1, 0.15) is 42.0 Å². The van der Waals surface area contributed by atoms with Crippen LogP contribution >= 0.6 is 23.5 Å². The molecule has 0 saturated heterocycles. The molecule has 35 heavy (non-hydrogen) atoms. The Morgan fingerprint density at radius 1 is 1.06 bits per heavy atom. The van der Waals surface area contributed by atoms with Crippen molar-refractivity contribution in [3.05, 3.63) is 66.0 Å². The molecule has 8 nitrogen and oxygen atoms in total. The Labute approximate surface area is 214 Å². The minimum atomic E-state index is -0.278. The summed E-state index contributed by atoms with van der Waals surface area (Å²) in [6.07, 6.45) is 3.12. The lowest BCUT2D eigenvalue weighted by Crippen LogP contribution is -2.31. The average Bonchev–Trinajstić information content (AvgIpc) is 3.29. The van der Waals surface area contributed by atoms with Crippen LogP contribution in [0, 0.1) is 0 Å². The molecule has 3 rings (SSSR count). The number of rotatable bonds is 13.